The summed E-state index contributed by atoms with van der Waals surface area (Å²) in [7, 11) is 0. The molecule has 0 unspecified atom stereocenters. The van der Waals surface area contributed by atoms with Gasteiger partial charge in [0.2, 0.25) is 5.96 Å². The molecule has 8 nitrogen and oxygen atoms in total. The molecule has 0 atom stereocenters. The number of carboxylic acids is 1. The zero-order valence-electron chi connectivity index (χ0n) is 17.9. The SMILES string of the molecule is Cc1ccc2nc(NC3=NC4(CCCC4)C4=C(CCCC4=O)N3)oc2c1.O=C(O)C(F)(F)F. The second kappa shape index (κ2) is 8.53. The van der Waals surface area contributed by atoms with Gasteiger partial charge in [-0.2, -0.15) is 18.2 Å². The molecule has 1 aromatic carbocycles. The number of halogens is 3. The average molecular weight is 464 g/mol. The highest BCUT2D eigenvalue weighted by Gasteiger charge is 2.45. The Bertz CT molecular complexity index is 1160. The molecule has 33 heavy (non-hydrogen) atoms. The Balaban J connectivity index is 0.000000325. The Kier molecular flexibility index (Phi) is 5.89. The van der Waals surface area contributed by atoms with Crippen LogP contribution in [0.3, 0.4) is 0 Å². The number of allylic oxidation sites excluding steroid dienone is 1. The number of aliphatic carboxylic acids is 1. The van der Waals surface area contributed by atoms with Crippen molar-refractivity contribution in [2.45, 2.75) is 63.6 Å². The highest BCUT2D eigenvalue weighted by Crippen LogP contribution is 2.45. The average Bonchev–Trinajstić information content (AvgIpc) is 3.34. The van der Waals surface area contributed by atoms with Gasteiger partial charge in [0.05, 0.1) is 5.54 Å². The van der Waals surface area contributed by atoms with Crippen LogP contribution in [0.2, 0.25) is 0 Å². The number of benzene rings is 1. The zero-order chi connectivity index (χ0) is 23.8. The Morgan fingerprint density at radius 3 is 2.58 bits per heavy atom. The number of fused-ring (bicyclic) bond motifs is 2. The molecular weight excluding hydrogens is 441 g/mol. The van der Waals surface area contributed by atoms with E-state index < -0.39 is 12.1 Å². The maximum atomic E-state index is 12.6. The molecule has 1 aliphatic heterocycles. The molecule has 0 bridgehead atoms. The van der Waals surface area contributed by atoms with E-state index in [2.05, 4.69) is 15.6 Å². The summed E-state index contributed by atoms with van der Waals surface area (Å²) in [6.07, 6.45) is 1.47. The number of guanidine groups is 1. The van der Waals surface area contributed by atoms with Gasteiger partial charge in [-0.25, -0.2) is 9.79 Å². The number of carbonyl (C=O) groups is 2. The minimum atomic E-state index is -5.08. The monoisotopic (exact) mass is 464 g/mol. The van der Waals surface area contributed by atoms with Gasteiger partial charge in [-0.05, 0) is 50.3 Å². The van der Waals surface area contributed by atoms with Crippen molar-refractivity contribution in [3.63, 3.8) is 0 Å². The summed E-state index contributed by atoms with van der Waals surface area (Å²) >= 11 is 0. The number of ketones is 1. The number of alkyl halides is 3. The third-order valence-electron chi connectivity index (χ3n) is 5.91. The Labute approximate surface area is 187 Å². The smallest absolute Gasteiger partial charge is 0.475 e. The first kappa shape index (κ1) is 22.8. The highest BCUT2D eigenvalue weighted by atomic mass is 19.4. The van der Waals surface area contributed by atoms with Crippen LogP contribution in [0.15, 0.2) is 38.9 Å². The number of Topliss-reactive ketones (excluding diaryl/α,β-unsaturated/α-hetero) is 1. The molecule has 176 valence electrons. The lowest BCUT2D eigenvalue weighted by Crippen LogP contribution is -2.46. The molecule has 3 aliphatic rings. The number of nitrogens with zero attached hydrogens (tertiary/aromatic N) is 2. The standard InChI is InChI=1S/C20H22N4O2.C2HF3O2/c1-12-7-8-13-16(11-12)26-19(22-13)23-18-21-14-5-4-6-15(25)17(14)20(24-18)9-2-3-10-20;3-2(4,5)1(6)7/h7-8,11H,2-6,9-10H2,1H3,(H2,21,22,23,24);(H,6,7). The second-order valence-corrected chi connectivity index (χ2v) is 8.37. The minimum absolute atomic E-state index is 0.265. The lowest BCUT2D eigenvalue weighted by molar-refractivity contribution is -0.192. The molecule has 2 aliphatic carbocycles. The van der Waals surface area contributed by atoms with Crippen molar-refractivity contribution < 1.29 is 32.3 Å². The van der Waals surface area contributed by atoms with Crippen LogP contribution in [-0.2, 0) is 9.59 Å². The largest absolute Gasteiger partial charge is 0.490 e. The number of aromatic nitrogens is 1. The van der Waals surface area contributed by atoms with Gasteiger partial charge >= 0.3 is 18.2 Å². The normalized spacial score (nSPS) is 19.5. The van der Waals surface area contributed by atoms with E-state index >= 15 is 0 Å². The number of hydrogen-bond acceptors (Lipinski definition) is 7. The van der Waals surface area contributed by atoms with Gasteiger partial charge in [-0.1, -0.05) is 18.9 Å². The van der Waals surface area contributed by atoms with Crippen LogP contribution < -0.4 is 10.6 Å². The van der Waals surface area contributed by atoms with E-state index in [0.717, 1.165) is 66.5 Å². The van der Waals surface area contributed by atoms with Gasteiger partial charge in [0.25, 0.3) is 0 Å². The highest BCUT2D eigenvalue weighted by molar-refractivity contribution is 6.04. The van der Waals surface area contributed by atoms with E-state index in [1.165, 1.54) is 0 Å². The summed E-state index contributed by atoms with van der Waals surface area (Å²) < 4.78 is 37.6. The first-order valence-corrected chi connectivity index (χ1v) is 10.7. The van der Waals surface area contributed by atoms with Crippen LogP contribution in [0.1, 0.15) is 50.5 Å². The van der Waals surface area contributed by atoms with Gasteiger partial charge in [-0.3, -0.25) is 10.1 Å². The maximum Gasteiger partial charge on any atom is 0.490 e. The fourth-order valence-electron chi connectivity index (χ4n) is 4.52. The first-order chi connectivity index (χ1) is 15.6. The van der Waals surface area contributed by atoms with Crippen LogP contribution >= 0.6 is 0 Å². The Hall–Kier alpha value is -3.37. The molecule has 1 spiro atoms. The van der Waals surface area contributed by atoms with Crippen molar-refractivity contribution in [3.8, 4) is 0 Å². The third-order valence-corrected chi connectivity index (χ3v) is 5.91. The van der Waals surface area contributed by atoms with E-state index in [1.807, 2.05) is 25.1 Å². The molecule has 2 heterocycles. The first-order valence-electron chi connectivity index (χ1n) is 10.7. The predicted octanol–water partition coefficient (Wildman–Crippen LogP) is 4.46. The van der Waals surface area contributed by atoms with Gasteiger partial charge in [0.15, 0.2) is 11.4 Å². The molecule has 2 aromatic rings. The number of aryl methyl sites for hydroxylation is 1. The molecule has 0 amide bonds. The van der Waals surface area contributed by atoms with E-state index in [-0.39, 0.29) is 11.3 Å². The van der Waals surface area contributed by atoms with Crippen LogP contribution in [0.25, 0.3) is 11.1 Å². The van der Waals surface area contributed by atoms with E-state index in [0.29, 0.717) is 18.4 Å². The summed E-state index contributed by atoms with van der Waals surface area (Å²) in [5.41, 5.74) is 4.31. The maximum absolute atomic E-state index is 12.6. The molecular formula is C22H23F3N4O4. The van der Waals surface area contributed by atoms with Crippen LogP contribution in [0, 0.1) is 6.92 Å². The molecule has 0 saturated heterocycles. The summed E-state index contributed by atoms with van der Waals surface area (Å²) in [6, 6.07) is 6.37. The fraction of sp³-hybridized carbons (Fsp3) is 0.455. The summed E-state index contributed by atoms with van der Waals surface area (Å²) in [5, 5.41) is 13.7. The number of anilines is 1. The zero-order valence-corrected chi connectivity index (χ0v) is 17.9. The Morgan fingerprint density at radius 2 is 1.91 bits per heavy atom. The molecule has 1 fully saturated rings. The predicted molar refractivity (Wildman–Crippen MR) is 114 cm³/mol. The van der Waals surface area contributed by atoms with Crippen LogP contribution in [-0.4, -0.2) is 39.5 Å². The topological polar surface area (TPSA) is 117 Å². The number of carbonyl (C=O) groups excluding carboxylic acids is 1. The summed E-state index contributed by atoms with van der Waals surface area (Å²) in [4.78, 5) is 30.9. The van der Waals surface area contributed by atoms with Crippen molar-refractivity contribution in [2.75, 3.05) is 5.32 Å². The van der Waals surface area contributed by atoms with Crippen molar-refractivity contribution in [3.05, 3.63) is 35.0 Å². The molecule has 0 radical (unpaired) electrons. The van der Waals surface area contributed by atoms with Crippen LogP contribution in [0.5, 0.6) is 0 Å². The molecule has 1 saturated carbocycles. The number of nitrogens with one attached hydrogen (secondary N) is 2. The lowest BCUT2D eigenvalue weighted by Gasteiger charge is -2.37. The van der Waals surface area contributed by atoms with Gasteiger partial charge in [-0.15, -0.1) is 0 Å². The van der Waals surface area contributed by atoms with Gasteiger partial charge in [0.1, 0.15) is 5.52 Å². The van der Waals surface area contributed by atoms with Gasteiger partial charge in [0, 0.05) is 17.7 Å². The number of oxazole rings is 1. The minimum Gasteiger partial charge on any atom is -0.475 e. The van der Waals surface area contributed by atoms with Crippen LogP contribution in [0.4, 0.5) is 19.2 Å². The van der Waals surface area contributed by atoms with Gasteiger partial charge < -0.3 is 14.8 Å². The Morgan fingerprint density at radius 1 is 1.21 bits per heavy atom. The number of carboxylic acid groups (broad SMARTS) is 1. The van der Waals surface area contributed by atoms with E-state index in [4.69, 9.17) is 19.3 Å². The summed E-state index contributed by atoms with van der Waals surface area (Å²) in [5.74, 6) is -1.85. The molecule has 11 heteroatoms. The van der Waals surface area contributed by atoms with Crippen molar-refractivity contribution >= 4 is 34.8 Å². The number of rotatable bonds is 1. The van der Waals surface area contributed by atoms with Crippen molar-refractivity contribution in [2.24, 2.45) is 4.99 Å². The number of hydrogen-bond donors (Lipinski definition) is 3. The fourth-order valence-corrected chi connectivity index (χ4v) is 4.52. The second-order valence-electron chi connectivity index (χ2n) is 8.37. The quantitative estimate of drug-likeness (QED) is 0.570. The molecule has 5 rings (SSSR count). The third kappa shape index (κ3) is 4.71. The number of aliphatic imine (C=N–C) groups is 1. The lowest BCUT2D eigenvalue weighted by atomic mass is 9.78. The van der Waals surface area contributed by atoms with Crippen molar-refractivity contribution in [1.29, 1.82) is 0 Å². The van der Waals surface area contributed by atoms with E-state index in [9.17, 15) is 18.0 Å². The molecule has 1 aromatic heterocycles. The molecule has 3 N–H and O–H groups in total. The summed E-state index contributed by atoms with van der Waals surface area (Å²) in [6.45, 7) is 2.03. The van der Waals surface area contributed by atoms with E-state index in [1.54, 1.807) is 0 Å². The van der Waals surface area contributed by atoms with Crippen molar-refractivity contribution in [1.82, 2.24) is 10.3 Å².